The van der Waals surface area contributed by atoms with Crippen LogP contribution in [0.1, 0.15) is 50.3 Å². The summed E-state index contributed by atoms with van der Waals surface area (Å²) in [6.45, 7) is 9.48. The van der Waals surface area contributed by atoms with Crippen molar-refractivity contribution >= 4 is 11.9 Å². The minimum Gasteiger partial charge on any atom is -0.491 e. The smallest absolute Gasteiger partial charge is 0.305 e. The summed E-state index contributed by atoms with van der Waals surface area (Å²) in [5.74, 6) is -0.519. The van der Waals surface area contributed by atoms with E-state index in [0.717, 1.165) is 11.4 Å². The van der Waals surface area contributed by atoms with Crippen molar-refractivity contribution in [2.45, 2.75) is 53.2 Å². The van der Waals surface area contributed by atoms with E-state index in [1.807, 2.05) is 52.0 Å². The molecule has 0 atom stereocenters. The molecule has 1 heterocycles. The number of carbonyl (C=O) groups excluding carboxylic acids is 1. The Morgan fingerprint density at radius 2 is 1.81 bits per heavy atom. The first-order chi connectivity index (χ1) is 12.7. The van der Waals surface area contributed by atoms with E-state index in [9.17, 15) is 9.59 Å². The average molecular weight is 374 g/mol. The fraction of sp³-hybridized carbons (Fsp3) is 0.474. The molecule has 0 spiro atoms. The Bertz CT molecular complexity index is 797. The molecular weight excluding hydrogens is 348 g/mol. The maximum atomic E-state index is 12.8. The van der Waals surface area contributed by atoms with Gasteiger partial charge in [-0.3, -0.25) is 9.59 Å². The highest BCUT2D eigenvalue weighted by Gasteiger charge is 2.25. The minimum atomic E-state index is -0.947. The van der Waals surface area contributed by atoms with Gasteiger partial charge in [-0.2, -0.15) is 0 Å². The minimum absolute atomic E-state index is 0.0843. The van der Waals surface area contributed by atoms with Crippen molar-refractivity contribution < 1.29 is 19.4 Å². The van der Waals surface area contributed by atoms with Gasteiger partial charge in [-0.15, -0.1) is 5.10 Å². The Balaban J connectivity index is 2.24. The molecule has 8 nitrogen and oxygen atoms in total. The van der Waals surface area contributed by atoms with E-state index in [2.05, 4.69) is 10.3 Å². The van der Waals surface area contributed by atoms with Gasteiger partial charge < -0.3 is 14.7 Å². The van der Waals surface area contributed by atoms with E-state index in [1.54, 1.807) is 11.6 Å². The molecule has 0 saturated heterocycles. The molecule has 0 aliphatic carbocycles. The molecule has 0 aliphatic rings. The predicted octanol–water partition coefficient (Wildman–Crippen LogP) is 2.69. The zero-order valence-electron chi connectivity index (χ0n) is 16.3. The number of aliphatic carboxylic acids is 1. The van der Waals surface area contributed by atoms with Gasteiger partial charge >= 0.3 is 5.97 Å². The molecule has 8 heteroatoms. The Morgan fingerprint density at radius 1 is 1.19 bits per heavy atom. The van der Waals surface area contributed by atoms with Crippen LogP contribution in [-0.4, -0.2) is 55.6 Å². The van der Waals surface area contributed by atoms with Crippen LogP contribution in [0.25, 0.3) is 5.69 Å². The number of carboxylic acids is 1. The van der Waals surface area contributed by atoms with Crippen LogP contribution in [0.15, 0.2) is 24.3 Å². The lowest BCUT2D eigenvalue weighted by Crippen LogP contribution is -2.39. The van der Waals surface area contributed by atoms with Crippen molar-refractivity contribution in [1.29, 1.82) is 0 Å². The van der Waals surface area contributed by atoms with E-state index in [-0.39, 0.29) is 36.7 Å². The molecule has 0 unspecified atom stereocenters. The van der Waals surface area contributed by atoms with E-state index in [0.29, 0.717) is 5.69 Å². The maximum Gasteiger partial charge on any atom is 0.305 e. The number of carboxylic acid groups (broad SMARTS) is 1. The van der Waals surface area contributed by atoms with Gasteiger partial charge in [-0.25, -0.2) is 4.68 Å². The Morgan fingerprint density at radius 3 is 2.33 bits per heavy atom. The van der Waals surface area contributed by atoms with Gasteiger partial charge in [0.25, 0.3) is 5.91 Å². The molecule has 1 N–H and O–H groups in total. The Kier molecular flexibility index (Phi) is 6.55. The lowest BCUT2D eigenvalue weighted by molar-refractivity contribution is -0.137. The van der Waals surface area contributed by atoms with Crippen LogP contribution < -0.4 is 4.74 Å². The first-order valence-corrected chi connectivity index (χ1v) is 8.92. The zero-order valence-corrected chi connectivity index (χ0v) is 16.3. The van der Waals surface area contributed by atoms with Gasteiger partial charge in [0, 0.05) is 12.6 Å². The SMILES string of the molecule is Cc1c(C(=O)N(CCC(=O)O)C(C)C)nnn1-c1ccc(OC(C)C)cc1. The van der Waals surface area contributed by atoms with Crippen molar-refractivity contribution in [2.75, 3.05) is 6.54 Å². The summed E-state index contributed by atoms with van der Waals surface area (Å²) in [5.41, 5.74) is 1.58. The molecule has 0 radical (unpaired) electrons. The molecule has 0 saturated carbocycles. The number of ether oxygens (including phenoxy) is 1. The Labute approximate surface area is 158 Å². The third kappa shape index (κ3) is 5.06. The molecule has 1 aromatic carbocycles. The van der Waals surface area contributed by atoms with E-state index >= 15 is 0 Å². The van der Waals surface area contributed by atoms with Crippen molar-refractivity contribution in [2.24, 2.45) is 0 Å². The van der Waals surface area contributed by atoms with Crippen LogP contribution in [0.5, 0.6) is 5.75 Å². The average Bonchev–Trinajstić information content (AvgIpc) is 2.96. The standard InChI is InChI=1S/C19H26N4O4/c1-12(2)22(11-10-17(24)25)19(26)18-14(5)23(21-20-18)15-6-8-16(9-7-15)27-13(3)4/h6-9,12-13H,10-11H2,1-5H3,(H,24,25). The highest BCUT2D eigenvalue weighted by Crippen LogP contribution is 2.19. The molecular formula is C19H26N4O4. The number of hydrogen-bond donors (Lipinski definition) is 1. The van der Waals surface area contributed by atoms with Crippen molar-refractivity contribution in [3.8, 4) is 11.4 Å². The first kappa shape index (κ1) is 20.4. The largest absolute Gasteiger partial charge is 0.491 e. The van der Waals surface area contributed by atoms with Crippen LogP contribution >= 0.6 is 0 Å². The van der Waals surface area contributed by atoms with Crippen LogP contribution in [0.3, 0.4) is 0 Å². The Hall–Kier alpha value is -2.90. The van der Waals surface area contributed by atoms with Crippen LogP contribution in [0.2, 0.25) is 0 Å². The fourth-order valence-corrected chi connectivity index (χ4v) is 2.66. The molecule has 2 aromatic rings. The molecule has 0 aliphatic heterocycles. The third-order valence-electron chi connectivity index (χ3n) is 4.00. The number of carbonyl (C=O) groups is 2. The summed E-state index contributed by atoms with van der Waals surface area (Å²) in [4.78, 5) is 25.2. The van der Waals surface area contributed by atoms with E-state index in [1.165, 1.54) is 4.90 Å². The van der Waals surface area contributed by atoms with Crippen LogP contribution in [0.4, 0.5) is 0 Å². The van der Waals surface area contributed by atoms with Crippen molar-refractivity contribution in [3.05, 3.63) is 35.7 Å². The summed E-state index contributed by atoms with van der Waals surface area (Å²) in [6.07, 6.45) is -0.0324. The second-order valence-corrected chi connectivity index (χ2v) is 6.83. The van der Waals surface area contributed by atoms with Crippen molar-refractivity contribution in [3.63, 3.8) is 0 Å². The van der Waals surface area contributed by atoms with Crippen LogP contribution in [-0.2, 0) is 4.79 Å². The second-order valence-electron chi connectivity index (χ2n) is 6.83. The quantitative estimate of drug-likeness (QED) is 0.763. The van der Waals surface area contributed by atoms with Gasteiger partial charge in [-0.1, -0.05) is 5.21 Å². The highest BCUT2D eigenvalue weighted by atomic mass is 16.5. The summed E-state index contributed by atoms with van der Waals surface area (Å²) in [7, 11) is 0. The van der Waals surface area contributed by atoms with Gasteiger partial charge in [0.2, 0.25) is 0 Å². The highest BCUT2D eigenvalue weighted by molar-refractivity contribution is 5.93. The van der Waals surface area contributed by atoms with Gasteiger partial charge in [0.05, 0.1) is 23.9 Å². The molecule has 146 valence electrons. The molecule has 2 rings (SSSR count). The lowest BCUT2D eigenvalue weighted by Gasteiger charge is -2.25. The summed E-state index contributed by atoms with van der Waals surface area (Å²) >= 11 is 0. The van der Waals surface area contributed by atoms with Gasteiger partial charge in [0.15, 0.2) is 5.69 Å². The third-order valence-corrected chi connectivity index (χ3v) is 4.00. The predicted molar refractivity (Wildman–Crippen MR) is 100 cm³/mol. The monoisotopic (exact) mass is 374 g/mol. The fourth-order valence-electron chi connectivity index (χ4n) is 2.66. The number of benzene rings is 1. The molecule has 27 heavy (non-hydrogen) atoms. The number of amides is 1. The van der Waals surface area contributed by atoms with E-state index in [4.69, 9.17) is 9.84 Å². The van der Waals surface area contributed by atoms with Gasteiger partial charge in [0.1, 0.15) is 5.75 Å². The molecule has 0 bridgehead atoms. The molecule has 1 amide bonds. The molecule has 0 fully saturated rings. The summed E-state index contributed by atoms with van der Waals surface area (Å²) < 4.78 is 7.21. The zero-order chi connectivity index (χ0) is 20.1. The van der Waals surface area contributed by atoms with Crippen LogP contribution in [0, 0.1) is 6.92 Å². The number of rotatable bonds is 8. The number of aromatic nitrogens is 3. The second kappa shape index (κ2) is 8.66. The lowest BCUT2D eigenvalue weighted by atomic mass is 10.2. The number of nitrogens with zero attached hydrogens (tertiary/aromatic N) is 4. The topological polar surface area (TPSA) is 97.5 Å². The van der Waals surface area contributed by atoms with Crippen molar-refractivity contribution in [1.82, 2.24) is 19.9 Å². The number of hydrogen-bond acceptors (Lipinski definition) is 5. The van der Waals surface area contributed by atoms with Gasteiger partial charge in [-0.05, 0) is 58.9 Å². The maximum absolute atomic E-state index is 12.8. The normalized spacial score (nSPS) is 11.1. The van der Waals surface area contributed by atoms with E-state index < -0.39 is 5.97 Å². The first-order valence-electron chi connectivity index (χ1n) is 8.92. The molecule has 1 aromatic heterocycles. The summed E-state index contributed by atoms with van der Waals surface area (Å²) in [6, 6.07) is 7.22. The summed E-state index contributed by atoms with van der Waals surface area (Å²) in [5, 5.41) is 17.0.